The number of hydrogen-bond acceptors (Lipinski definition) is 2. The van der Waals surface area contributed by atoms with Gasteiger partial charge in [0.05, 0.1) is 33.6 Å². The number of halogens is 2. The van der Waals surface area contributed by atoms with E-state index in [1.165, 1.54) is 0 Å². The molecule has 0 fully saturated rings. The number of aryl methyl sites for hydroxylation is 1. The first-order valence-electron chi connectivity index (χ1n) is 6.48. The van der Waals surface area contributed by atoms with E-state index in [-0.39, 0.29) is 0 Å². The van der Waals surface area contributed by atoms with Gasteiger partial charge in [0.15, 0.2) is 0 Å². The van der Waals surface area contributed by atoms with E-state index >= 15 is 0 Å². The highest BCUT2D eigenvalue weighted by Gasteiger charge is 2.14. The lowest BCUT2D eigenvalue weighted by Crippen LogP contribution is -2.00. The van der Waals surface area contributed by atoms with Gasteiger partial charge in [0, 0.05) is 12.1 Å². The van der Waals surface area contributed by atoms with Crippen LogP contribution in [0.3, 0.4) is 0 Å². The molecule has 1 aromatic heterocycles. The molecule has 104 valence electrons. The summed E-state index contributed by atoms with van der Waals surface area (Å²) in [6.07, 6.45) is 0.408. The van der Waals surface area contributed by atoms with Crippen molar-refractivity contribution < 1.29 is 0 Å². The molecule has 0 spiro atoms. The molecule has 0 unspecified atom stereocenters. The zero-order valence-electron chi connectivity index (χ0n) is 11.1. The van der Waals surface area contributed by atoms with Gasteiger partial charge in [-0.05, 0) is 12.1 Å². The number of hydrogen-bond donors (Lipinski definition) is 0. The molecule has 0 aliphatic rings. The molecule has 0 radical (unpaired) electrons. The zero-order chi connectivity index (χ0) is 14.8. The smallest absolute Gasteiger partial charge is 0.141 e. The number of fused-ring (bicyclic) bond motifs is 1. The predicted octanol–water partition coefficient (Wildman–Crippen LogP) is 4.92. The van der Waals surface area contributed by atoms with Gasteiger partial charge < -0.3 is 4.57 Å². The van der Waals surface area contributed by atoms with Crippen LogP contribution in [0.1, 0.15) is 6.42 Å². The van der Waals surface area contributed by atoms with Gasteiger partial charge in [0.1, 0.15) is 5.82 Å². The Bertz CT molecular complexity index is 832. The number of nitriles is 1. The molecule has 1 heterocycles. The van der Waals surface area contributed by atoms with Crippen LogP contribution in [-0.4, -0.2) is 9.55 Å². The van der Waals surface area contributed by atoms with Crippen molar-refractivity contribution in [2.75, 3.05) is 0 Å². The quantitative estimate of drug-likeness (QED) is 0.688. The van der Waals surface area contributed by atoms with Crippen LogP contribution in [0.5, 0.6) is 0 Å². The molecule has 0 aliphatic heterocycles. The molecule has 0 saturated carbocycles. The van der Waals surface area contributed by atoms with E-state index in [1.807, 2.05) is 34.9 Å². The molecule has 3 aromatic rings. The van der Waals surface area contributed by atoms with Crippen molar-refractivity contribution in [2.24, 2.45) is 0 Å². The van der Waals surface area contributed by atoms with Crippen LogP contribution in [0.25, 0.3) is 22.4 Å². The zero-order valence-corrected chi connectivity index (χ0v) is 12.6. The molecule has 0 aliphatic carbocycles. The SMILES string of the molecule is N#CCCn1c(-c2ccccc2)nc2cc(Cl)c(Cl)cc21. The molecule has 0 N–H and O–H groups in total. The highest BCUT2D eigenvalue weighted by molar-refractivity contribution is 6.42. The highest BCUT2D eigenvalue weighted by atomic mass is 35.5. The summed E-state index contributed by atoms with van der Waals surface area (Å²) in [6.45, 7) is 0.565. The maximum atomic E-state index is 8.87. The van der Waals surface area contributed by atoms with Crippen LogP contribution in [-0.2, 0) is 6.54 Å². The molecular formula is C16H11Cl2N3. The van der Waals surface area contributed by atoms with Crippen molar-refractivity contribution in [3.05, 3.63) is 52.5 Å². The van der Waals surface area contributed by atoms with E-state index < -0.39 is 0 Å². The minimum atomic E-state index is 0.408. The van der Waals surface area contributed by atoms with E-state index in [2.05, 4.69) is 11.1 Å². The predicted molar refractivity (Wildman–Crippen MR) is 85.4 cm³/mol. The van der Waals surface area contributed by atoms with Crippen LogP contribution in [0.15, 0.2) is 42.5 Å². The largest absolute Gasteiger partial charge is 0.323 e. The molecule has 3 rings (SSSR count). The lowest BCUT2D eigenvalue weighted by atomic mass is 10.2. The first-order chi connectivity index (χ1) is 10.2. The molecular weight excluding hydrogens is 305 g/mol. The van der Waals surface area contributed by atoms with Crippen molar-refractivity contribution in [3.8, 4) is 17.5 Å². The van der Waals surface area contributed by atoms with E-state index in [0.29, 0.717) is 23.0 Å². The second-order valence-corrected chi connectivity index (χ2v) is 5.43. The monoisotopic (exact) mass is 315 g/mol. The Morgan fingerprint density at radius 2 is 1.81 bits per heavy atom. The molecule has 5 heteroatoms. The van der Waals surface area contributed by atoms with E-state index in [9.17, 15) is 0 Å². The average Bonchev–Trinajstić information content (AvgIpc) is 2.84. The van der Waals surface area contributed by atoms with Crippen LogP contribution in [0.4, 0.5) is 0 Å². The highest BCUT2D eigenvalue weighted by Crippen LogP contribution is 2.31. The van der Waals surface area contributed by atoms with Crippen LogP contribution in [0.2, 0.25) is 10.0 Å². The van der Waals surface area contributed by atoms with E-state index in [0.717, 1.165) is 22.4 Å². The summed E-state index contributed by atoms with van der Waals surface area (Å²) in [5, 5.41) is 9.83. The fourth-order valence-electron chi connectivity index (χ4n) is 2.32. The number of nitrogens with zero attached hydrogens (tertiary/aromatic N) is 3. The maximum absolute atomic E-state index is 8.87. The van der Waals surface area contributed by atoms with E-state index in [4.69, 9.17) is 28.5 Å². The fourth-order valence-corrected chi connectivity index (χ4v) is 2.63. The van der Waals surface area contributed by atoms with Crippen molar-refractivity contribution in [2.45, 2.75) is 13.0 Å². The summed E-state index contributed by atoms with van der Waals surface area (Å²) in [7, 11) is 0. The first-order valence-corrected chi connectivity index (χ1v) is 7.24. The Morgan fingerprint density at radius 3 is 2.52 bits per heavy atom. The molecule has 0 bridgehead atoms. The fraction of sp³-hybridized carbons (Fsp3) is 0.125. The summed E-state index contributed by atoms with van der Waals surface area (Å²) in [5.74, 6) is 0.819. The molecule has 0 amide bonds. The van der Waals surface area contributed by atoms with Gasteiger partial charge in [-0.25, -0.2) is 4.98 Å². The summed E-state index contributed by atoms with van der Waals surface area (Å²) >= 11 is 12.2. The summed E-state index contributed by atoms with van der Waals surface area (Å²) < 4.78 is 2.01. The third kappa shape index (κ3) is 2.61. The average molecular weight is 316 g/mol. The topological polar surface area (TPSA) is 41.6 Å². The minimum absolute atomic E-state index is 0.408. The second-order valence-electron chi connectivity index (χ2n) is 4.62. The number of benzene rings is 2. The van der Waals surface area contributed by atoms with E-state index in [1.54, 1.807) is 12.1 Å². The van der Waals surface area contributed by atoms with Crippen LogP contribution in [0, 0.1) is 11.3 Å². The third-order valence-electron chi connectivity index (χ3n) is 3.27. The first kappa shape index (κ1) is 13.9. The van der Waals surface area contributed by atoms with Crippen molar-refractivity contribution in [1.82, 2.24) is 9.55 Å². The Hall–Kier alpha value is -2.02. The molecule has 0 atom stereocenters. The lowest BCUT2D eigenvalue weighted by Gasteiger charge is -2.07. The van der Waals surface area contributed by atoms with Crippen molar-refractivity contribution in [3.63, 3.8) is 0 Å². The van der Waals surface area contributed by atoms with Gasteiger partial charge in [-0.15, -0.1) is 0 Å². The van der Waals surface area contributed by atoms with Crippen molar-refractivity contribution in [1.29, 1.82) is 5.26 Å². The van der Waals surface area contributed by atoms with Crippen LogP contribution < -0.4 is 0 Å². The Balaban J connectivity index is 2.25. The van der Waals surface area contributed by atoms with Gasteiger partial charge in [-0.3, -0.25) is 0 Å². The normalized spacial score (nSPS) is 10.7. The lowest BCUT2D eigenvalue weighted by molar-refractivity contribution is 0.744. The van der Waals surface area contributed by atoms with Gasteiger partial charge in [-0.1, -0.05) is 53.5 Å². The Labute approximate surface area is 132 Å². The summed E-state index contributed by atoms with van der Waals surface area (Å²) in [4.78, 5) is 4.65. The van der Waals surface area contributed by atoms with Crippen LogP contribution >= 0.6 is 23.2 Å². The van der Waals surface area contributed by atoms with Crippen molar-refractivity contribution >= 4 is 34.2 Å². The Kier molecular flexibility index (Phi) is 3.83. The standard InChI is InChI=1S/C16H11Cl2N3/c17-12-9-14-15(10-13(12)18)21(8-4-7-19)16(20-14)11-5-2-1-3-6-11/h1-3,5-6,9-10H,4,8H2. The molecule has 3 nitrogen and oxygen atoms in total. The number of aromatic nitrogens is 2. The van der Waals surface area contributed by atoms with Gasteiger partial charge in [0.2, 0.25) is 0 Å². The van der Waals surface area contributed by atoms with Gasteiger partial charge >= 0.3 is 0 Å². The van der Waals surface area contributed by atoms with Gasteiger partial charge in [-0.2, -0.15) is 5.26 Å². The Morgan fingerprint density at radius 1 is 1.10 bits per heavy atom. The summed E-state index contributed by atoms with van der Waals surface area (Å²) in [6, 6.07) is 15.6. The molecule has 21 heavy (non-hydrogen) atoms. The number of imidazole rings is 1. The third-order valence-corrected chi connectivity index (χ3v) is 3.99. The maximum Gasteiger partial charge on any atom is 0.141 e. The summed E-state index contributed by atoms with van der Waals surface area (Å²) in [5.41, 5.74) is 2.67. The molecule has 2 aromatic carbocycles. The molecule has 0 saturated heterocycles. The second kappa shape index (κ2) is 5.77. The van der Waals surface area contributed by atoms with Gasteiger partial charge in [0.25, 0.3) is 0 Å². The number of rotatable bonds is 3. The minimum Gasteiger partial charge on any atom is -0.323 e.